The lowest BCUT2D eigenvalue weighted by molar-refractivity contribution is 0.469. The van der Waals surface area contributed by atoms with E-state index in [1.165, 1.54) is 6.07 Å². The van der Waals surface area contributed by atoms with Crippen LogP contribution < -0.4 is 0 Å². The van der Waals surface area contributed by atoms with Crippen molar-refractivity contribution in [1.29, 1.82) is 0 Å². The molecule has 0 aromatic heterocycles. The first-order valence-corrected chi connectivity index (χ1v) is 5.72. The smallest absolute Gasteiger partial charge is 0.134 e. The fraction of sp³-hybridized carbons (Fsp3) is 0. The van der Waals surface area contributed by atoms with Crippen LogP contribution in [0.15, 0.2) is 60.7 Å². The molecule has 1 N–H and O–H groups in total. The van der Waals surface area contributed by atoms with Crippen LogP contribution in [0.5, 0.6) is 5.75 Å². The number of rotatable bonds is 1. The topological polar surface area (TPSA) is 20.2 Å². The highest BCUT2D eigenvalue weighted by Crippen LogP contribution is 2.28. The molecule has 3 aromatic carbocycles. The predicted octanol–water partition coefficient (Wildman–Crippen LogP) is 4.35. The zero-order valence-corrected chi connectivity index (χ0v) is 9.60. The zero-order valence-electron chi connectivity index (χ0n) is 9.60. The van der Waals surface area contributed by atoms with Gasteiger partial charge in [0, 0.05) is 11.6 Å². The van der Waals surface area contributed by atoms with E-state index in [0.717, 1.165) is 22.4 Å². The molecular formula is C16H11FO. The molecule has 0 saturated carbocycles. The van der Waals surface area contributed by atoms with Gasteiger partial charge >= 0.3 is 0 Å². The molecule has 0 aliphatic carbocycles. The van der Waals surface area contributed by atoms with Crippen LogP contribution in [0.3, 0.4) is 0 Å². The summed E-state index contributed by atoms with van der Waals surface area (Å²) in [4.78, 5) is 0. The quantitative estimate of drug-likeness (QED) is 0.668. The van der Waals surface area contributed by atoms with E-state index in [1.807, 2.05) is 42.5 Å². The summed E-state index contributed by atoms with van der Waals surface area (Å²) in [5.41, 5.74) is 1.31. The van der Waals surface area contributed by atoms with Gasteiger partial charge in [-0.1, -0.05) is 36.4 Å². The number of phenols is 1. The van der Waals surface area contributed by atoms with Crippen molar-refractivity contribution in [3.05, 3.63) is 66.5 Å². The highest BCUT2D eigenvalue weighted by atomic mass is 19.1. The summed E-state index contributed by atoms with van der Waals surface area (Å²) in [5.74, 6) is -0.470. The van der Waals surface area contributed by atoms with E-state index in [0.29, 0.717) is 5.56 Å². The Kier molecular flexibility index (Phi) is 2.49. The Bertz CT molecular complexity index is 719. The highest BCUT2D eigenvalue weighted by molar-refractivity contribution is 5.87. The number of halogens is 1. The van der Waals surface area contributed by atoms with Crippen LogP contribution in [0.25, 0.3) is 21.9 Å². The standard InChI is InChI=1S/C16H11FO/c17-16-10-14(18)7-8-15(16)13-6-5-11-3-1-2-4-12(11)9-13/h1-10,18H. The van der Waals surface area contributed by atoms with Gasteiger partial charge in [0.2, 0.25) is 0 Å². The molecule has 0 bridgehead atoms. The Labute approximate surface area is 104 Å². The van der Waals surface area contributed by atoms with E-state index in [4.69, 9.17) is 0 Å². The second-order valence-electron chi connectivity index (χ2n) is 4.23. The van der Waals surface area contributed by atoms with Gasteiger partial charge in [-0.05, 0) is 34.5 Å². The minimum absolute atomic E-state index is 0.0583. The summed E-state index contributed by atoms with van der Waals surface area (Å²) in [7, 11) is 0. The summed E-state index contributed by atoms with van der Waals surface area (Å²) in [6.45, 7) is 0. The molecule has 3 rings (SSSR count). The largest absolute Gasteiger partial charge is 0.508 e. The van der Waals surface area contributed by atoms with E-state index in [9.17, 15) is 9.50 Å². The minimum Gasteiger partial charge on any atom is -0.508 e. The fourth-order valence-corrected chi connectivity index (χ4v) is 2.09. The van der Waals surface area contributed by atoms with Crippen molar-refractivity contribution < 1.29 is 9.50 Å². The molecule has 88 valence electrons. The molecule has 0 spiro atoms. The van der Waals surface area contributed by atoms with Crippen molar-refractivity contribution in [2.45, 2.75) is 0 Å². The van der Waals surface area contributed by atoms with Gasteiger partial charge in [-0.3, -0.25) is 0 Å². The molecule has 18 heavy (non-hydrogen) atoms. The van der Waals surface area contributed by atoms with Gasteiger partial charge in [0.25, 0.3) is 0 Å². The Balaban J connectivity index is 2.19. The molecule has 0 aliphatic rings. The molecule has 0 amide bonds. The Morgan fingerprint density at radius 3 is 2.33 bits per heavy atom. The summed E-state index contributed by atoms with van der Waals surface area (Å²) < 4.78 is 13.8. The maximum Gasteiger partial charge on any atom is 0.134 e. The summed E-state index contributed by atoms with van der Waals surface area (Å²) in [6, 6.07) is 18.0. The average molecular weight is 238 g/mol. The van der Waals surface area contributed by atoms with Crippen LogP contribution in [0.2, 0.25) is 0 Å². The second kappa shape index (κ2) is 4.15. The van der Waals surface area contributed by atoms with Gasteiger partial charge in [-0.15, -0.1) is 0 Å². The van der Waals surface area contributed by atoms with E-state index in [-0.39, 0.29) is 5.75 Å². The van der Waals surface area contributed by atoms with E-state index in [1.54, 1.807) is 6.07 Å². The van der Waals surface area contributed by atoms with E-state index >= 15 is 0 Å². The molecular weight excluding hydrogens is 227 g/mol. The summed E-state index contributed by atoms with van der Waals surface area (Å²) in [6.07, 6.45) is 0. The van der Waals surface area contributed by atoms with Gasteiger partial charge in [0.1, 0.15) is 11.6 Å². The van der Waals surface area contributed by atoms with Crippen molar-refractivity contribution in [3.8, 4) is 16.9 Å². The molecule has 0 fully saturated rings. The number of aromatic hydroxyl groups is 1. The van der Waals surface area contributed by atoms with Gasteiger partial charge < -0.3 is 5.11 Å². The lowest BCUT2D eigenvalue weighted by Gasteiger charge is -2.06. The maximum absolute atomic E-state index is 13.8. The molecule has 2 heteroatoms. The molecule has 0 atom stereocenters. The van der Waals surface area contributed by atoms with Crippen LogP contribution in [0.4, 0.5) is 4.39 Å². The molecule has 1 nitrogen and oxygen atoms in total. The Morgan fingerprint density at radius 1 is 0.778 bits per heavy atom. The third-order valence-corrected chi connectivity index (χ3v) is 3.01. The third kappa shape index (κ3) is 1.82. The van der Waals surface area contributed by atoms with Crippen molar-refractivity contribution in [2.75, 3.05) is 0 Å². The van der Waals surface area contributed by atoms with Crippen molar-refractivity contribution >= 4 is 10.8 Å². The highest BCUT2D eigenvalue weighted by Gasteiger charge is 2.06. The maximum atomic E-state index is 13.8. The first-order valence-electron chi connectivity index (χ1n) is 5.72. The van der Waals surface area contributed by atoms with Crippen LogP contribution in [0.1, 0.15) is 0 Å². The van der Waals surface area contributed by atoms with Crippen molar-refractivity contribution in [1.82, 2.24) is 0 Å². The van der Waals surface area contributed by atoms with Crippen LogP contribution in [-0.4, -0.2) is 5.11 Å². The van der Waals surface area contributed by atoms with Crippen LogP contribution in [-0.2, 0) is 0 Å². The fourth-order valence-electron chi connectivity index (χ4n) is 2.09. The first kappa shape index (κ1) is 10.8. The monoisotopic (exact) mass is 238 g/mol. The van der Waals surface area contributed by atoms with Crippen LogP contribution >= 0.6 is 0 Å². The number of hydrogen-bond donors (Lipinski definition) is 1. The van der Waals surface area contributed by atoms with Gasteiger partial charge in [0.15, 0.2) is 0 Å². The Morgan fingerprint density at radius 2 is 1.56 bits per heavy atom. The van der Waals surface area contributed by atoms with Crippen LogP contribution in [0, 0.1) is 5.82 Å². The molecule has 0 saturated heterocycles. The van der Waals surface area contributed by atoms with E-state index in [2.05, 4.69) is 0 Å². The minimum atomic E-state index is -0.412. The molecule has 0 unspecified atom stereocenters. The molecule has 0 radical (unpaired) electrons. The van der Waals surface area contributed by atoms with E-state index < -0.39 is 5.82 Å². The number of phenolic OH excluding ortho intramolecular Hbond substituents is 1. The number of benzene rings is 3. The lowest BCUT2D eigenvalue weighted by Crippen LogP contribution is -1.84. The normalized spacial score (nSPS) is 10.7. The van der Waals surface area contributed by atoms with Crippen molar-refractivity contribution in [2.24, 2.45) is 0 Å². The number of hydrogen-bond acceptors (Lipinski definition) is 1. The van der Waals surface area contributed by atoms with Crippen molar-refractivity contribution in [3.63, 3.8) is 0 Å². The summed E-state index contributed by atoms with van der Waals surface area (Å²) in [5, 5.41) is 11.4. The molecule has 0 heterocycles. The SMILES string of the molecule is Oc1ccc(-c2ccc3ccccc3c2)c(F)c1. The first-order chi connectivity index (χ1) is 8.74. The Hall–Kier alpha value is -2.35. The summed E-state index contributed by atoms with van der Waals surface area (Å²) >= 11 is 0. The van der Waals surface area contributed by atoms with Gasteiger partial charge in [-0.2, -0.15) is 0 Å². The van der Waals surface area contributed by atoms with Gasteiger partial charge in [-0.25, -0.2) is 4.39 Å². The average Bonchev–Trinajstić information content (AvgIpc) is 2.38. The second-order valence-corrected chi connectivity index (χ2v) is 4.23. The predicted molar refractivity (Wildman–Crippen MR) is 71.0 cm³/mol. The third-order valence-electron chi connectivity index (χ3n) is 3.01. The number of fused-ring (bicyclic) bond motifs is 1. The molecule has 0 aliphatic heterocycles. The molecule has 3 aromatic rings. The van der Waals surface area contributed by atoms with Gasteiger partial charge in [0.05, 0.1) is 0 Å². The zero-order chi connectivity index (χ0) is 12.5. The lowest BCUT2D eigenvalue weighted by atomic mass is 10.0.